The zero-order valence-corrected chi connectivity index (χ0v) is 13.3. The van der Waals surface area contributed by atoms with Crippen LogP contribution in [-0.2, 0) is 13.6 Å². The predicted octanol–water partition coefficient (Wildman–Crippen LogP) is 3.32. The van der Waals surface area contributed by atoms with Gasteiger partial charge in [0.15, 0.2) is 0 Å². The number of nitrogens with one attached hydrogen (secondary N) is 1. The van der Waals surface area contributed by atoms with E-state index in [0.717, 1.165) is 16.9 Å². The molecule has 0 atom stereocenters. The monoisotopic (exact) mass is 290 g/mol. The van der Waals surface area contributed by atoms with Crippen molar-refractivity contribution in [3.05, 3.63) is 41.5 Å². The minimum Gasteiger partial charge on any atom is -0.381 e. The average Bonchev–Trinajstić information content (AvgIpc) is 2.76. The van der Waals surface area contributed by atoms with Gasteiger partial charge in [-0.05, 0) is 39.0 Å². The number of benzene rings is 1. The van der Waals surface area contributed by atoms with Gasteiger partial charge in [0.05, 0.1) is 11.9 Å². The summed E-state index contributed by atoms with van der Waals surface area (Å²) in [5, 5.41) is 7.44. The molecule has 114 valence electrons. The molecule has 4 nitrogen and oxygen atoms in total. The maximum absolute atomic E-state index is 14.2. The second kappa shape index (κ2) is 6.16. The molecule has 0 saturated carbocycles. The molecule has 2 aromatic rings. The van der Waals surface area contributed by atoms with Crippen LogP contribution < -0.4 is 10.2 Å². The molecule has 0 bridgehead atoms. The fourth-order valence-corrected chi connectivity index (χ4v) is 2.10. The maximum atomic E-state index is 14.2. The van der Waals surface area contributed by atoms with Crippen molar-refractivity contribution in [3.63, 3.8) is 0 Å². The largest absolute Gasteiger partial charge is 0.381 e. The van der Waals surface area contributed by atoms with E-state index in [9.17, 15) is 4.39 Å². The van der Waals surface area contributed by atoms with Crippen molar-refractivity contribution in [2.75, 3.05) is 17.3 Å². The summed E-state index contributed by atoms with van der Waals surface area (Å²) in [6, 6.07) is 5.52. The Hall–Kier alpha value is -2.04. The highest BCUT2D eigenvalue weighted by molar-refractivity contribution is 5.56. The molecular weight excluding hydrogens is 267 g/mol. The third-order valence-electron chi connectivity index (χ3n) is 3.92. The summed E-state index contributed by atoms with van der Waals surface area (Å²) in [6.07, 6.45) is 1.83. The quantitative estimate of drug-likeness (QED) is 0.917. The number of anilines is 2. The van der Waals surface area contributed by atoms with E-state index < -0.39 is 0 Å². The summed E-state index contributed by atoms with van der Waals surface area (Å²) < 4.78 is 16.0. The molecule has 5 heteroatoms. The number of hydrogen-bond acceptors (Lipinski definition) is 3. The van der Waals surface area contributed by atoms with Crippen LogP contribution in [0.15, 0.2) is 24.4 Å². The SMILES string of the molecule is Cc1c(CNc2ccc(N(C)C(C)C)c(F)c2)cnn1C. The molecule has 0 fully saturated rings. The molecule has 0 spiro atoms. The molecule has 0 amide bonds. The Morgan fingerprint density at radius 2 is 2.10 bits per heavy atom. The van der Waals surface area contributed by atoms with E-state index in [1.807, 2.05) is 62.8 Å². The average molecular weight is 290 g/mol. The van der Waals surface area contributed by atoms with Gasteiger partial charge in [0.1, 0.15) is 5.82 Å². The lowest BCUT2D eigenvalue weighted by molar-refractivity contribution is 0.614. The van der Waals surface area contributed by atoms with E-state index in [1.165, 1.54) is 0 Å². The highest BCUT2D eigenvalue weighted by Gasteiger charge is 2.11. The van der Waals surface area contributed by atoms with Crippen LogP contribution in [0.5, 0.6) is 0 Å². The summed E-state index contributed by atoms with van der Waals surface area (Å²) in [6.45, 7) is 6.73. The van der Waals surface area contributed by atoms with Gasteiger partial charge in [0.2, 0.25) is 0 Å². The van der Waals surface area contributed by atoms with Crippen LogP contribution in [0.2, 0.25) is 0 Å². The van der Waals surface area contributed by atoms with E-state index in [0.29, 0.717) is 12.2 Å². The van der Waals surface area contributed by atoms with E-state index in [4.69, 9.17) is 0 Å². The van der Waals surface area contributed by atoms with Gasteiger partial charge in [-0.2, -0.15) is 5.10 Å². The summed E-state index contributed by atoms with van der Waals surface area (Å²) >= 11 is 0. The zero-order chi connectivity index (χ0) is 15.6. The van der Waals surface area contributed by atoms with Crippen LogP contribution in [0.3, 0.4) is 0 Å². The lowest BCUT2D eigenvalue weighted by Gasteiger charge is -2.24. The third-order valence-corrected chi connectivity index (χ3v) is 3.92. The van der Waals surface area contributed by atoms with Crippen LogP contribution in [0.25, 0.3) is 0 Å². The van der Waals surface area contributed by atoms with Crippen molar-refractivity contribution in [2.24, 2.45) is 7.05 Å². The molecule has 0 aliphatic rings. The van der Waals surface area contributed by atoms with Gasteiger partial charge in [-0.15, -0.1) is 0 Å². The number of nitrogens with zero attached hydrogens (tertiary/aromatic N) is 3. The van der Waals surface area contributed by atoms with Crippen molar-refractivity contribution in [1.29, 1.82) is 0 Å². The Morgan fingerprint density at radius 3 is 2.62 bits per heavy atom. The van der Waals surface area contributed by atoms with Gasteiger partial charge in [0, 0.05) is 43.6 Å². The number of rotatable bonds is 5. The van der Waals surface area contributed by atoms with E-state index >= 15 is 0 Å². The van der Waals surface area contributed by atoms with Gasteiger partial charge in [0.25, 0.3) is 0 Å². The normalized spacial score (nSPS) is 11.0. The third kappa shape index (κ3) is 3.35. The molecule has 2 rings (SSSR count). The smallest absolute Gasteiger partial charge is 0.148 e. The first kappa shape index (κ1) is 15.4. The highest BCUT2D eigenvalue weighted by Crippen LogP contribution is 2.23. The Kier molecular flexibility index (Phi) is 4.50. The van der Waals surface area contributed by atoms with Gasteiger partial charge < -0.3 is 10.2 Å². The maximum Gasteiger partial charge on any atom is 0.148 e. The summed E-state index contributed by atoms with van der Waals surface area (Å²) in [4.78, 5) is 1.92. The molecule has 1 aromatic carbocycles. The van der Waals surface area contributed by atoms with Crippen LogP contribution in [0.1, 0.15) is 25.1 Å². The lowest BCUT2D eigenvalue weighted by Crippen LogP contribution is -2.26. The molecule has 1 N–H and O–H groups in total. The van der Waals surface area contributed by atoms with Crippen molar-refractivity contribution in [2.45, 2.75) is 33.4 Å². The molecule has 1 heterocycles. The van der Waals surface area contributed by atoms with Crippen molar-refractivity contribution >= 4 is 11.4 Å². The fourth-order valence-electron chi connectivity index (χ4n) is 2.10. The zero-order valence-electron chi connectivity index (χ0n) is 13.3. The Bertz CT molecular complexity index is 619. The molecule has 0 radical (unpaired) electrons. The number of halogens is 1. The first-order chi connectivity index (χ1) is 9.90. The second-order valence-corrected chi connectivity index (χ2v) is 5.60. The summed E-state index contributed by atoms with van der Waals surface area (Å²) in [5.41, 5.74) is 3.62. The van der Waals surface area contributed by atoms with Gasteiger partial charge >= 0.3 is 0 Å². The van der Waals surface area contributed by atoms with Crippen LogP contribution in [0.4, 0.5) is 15.8 Å². The lowest BCUT2D eigenvalue weighted by atomic mass is 10.2. The molecule has 1 aromatic heterocycles. The Morgan fingerprint density at radius 1 is 1.38 bits per heavy atom. The van der Waals surface area contributed by atoms with Crippen LogP contribution in [-0.4, -0.2) is 22.9 Å². The molecule has 21 heavy (non-hydrogen) atoms. The van der Waals surface area contributed by atoms with E-state index in [-0.39, 0.29) is 11.9 Å². The van der Waals surface area contributed by atoms with Crippen molar-refractivity contribution < 1.29 is 4.39 Å². The molecule has 0 unspecified atom stereocenters. The van der Waals surface area contributed by atoms with Gasteiger partial charge in [-0.25, -0.2) is 4.39 Å². The first-order valence-corrected chi connectivity index (χ1v) is 7.14. The Labute approximate surface area is 125 Å². The van der Waals surface area contributed by atoms with Crippen molar-refractivity contribution in [3.8, 4) is 0 Å². The molecule has 0 saturated heterocycles. The first-order valence-electron chi connectivity index (χ1n) is 7.14. The molecular formula is C16H23FN4. The minimum absolute atomic E-state index is 0.209. The summed E-state index contributed by atoms with van der Waals surface area (Å²) in [5.74, 6) is -0.209. The topological polar surface area (TPSA) is 33.1 Å². The molecule has 0 aliphatic heterocycles. The van der Waals surface area contributed by atoms with Crippen molar-refractivity contribution in [1.82, 2.24) is 9.78 Å². The minimum atomic E-state index is -0.209. The number of hydrogen-bond donors (Lipinski definition) is 1. The van der Waals surface area contributed by atoms with E-state index in [2.05, 4.69) is 10.4 Å². The van der Waals surface area contributed by atoms with Crippen LogP contribution in [0, 0.1) is 12.7 Å². The van der Waals surface area contributed by atoms with E-state index in [1.54, 1.807) is 6.07 Å². The standard InChI is InChI=1S/C16H23FN4/c1-11(2)20(4)16-7-6-14(8-15(16)17)18-9-13-10-19-21(5)12(13)3/h6-8,10-11,18H,9H2,1-5H3. The second-order valence-electron chi connectivity index (χ2n) is 5.60. The highest BCUT2D eigenvalue weighted by atomic mass is 19.1. The number of aryl methyl sites for hydroxylation is 1. The van der Waals surface area contributed by atoms with Gasteiger partial charge in [-0.3, -0.25) is 4.68 Å². The van der Waals surface area contributed by atoms with Crippen LogP contribution >= 0.6 is 0 Å². The predicted molar refractivity (Wildman–Crippen MR) is 85.2 cm³/mol. The number of aromatic nitrogens is 2. The fraction of sp³-hybridized carbons (Fsp3) is 0.438. The molecule has 0 aliphatic carbocycles. The Balaban J connectivity index is 2.08. The summed E-state index contributed by atoms with van der Waals surface area (Å²) in [7, 11) is 3.81. The van der Waals surface area contributed by atoms with Gasteiger partial charge in [-0.1, -0.05) is 0 Å².